The standard InChI is InChI=1S/C10H13F2N3O3/c1-5-14-7(13)2-3-15(5)9-10(11,12)8(17)6(4-16)18-9/h2-3,6,8-9,16-17H,1,4H2,(H2,13,14). The normalized spacial score (nSPS) is 34.9. The molecule has 2 heterocycles. The Morgan fingerprint density at radius 1 is 1.61 bits per heavy atom. The van der Waals surface area contributed by atoms with Crippen LogP contribution in [0.2, 0.25) is 0 Å². The molecular formula is C10H13F2N3O3. The molecule has 0 bridgehead atoms. The summed E-state index contributed by atoms with van der Waals surface area (Å²) >= 11 is 0. The molecule has 0 aromatic rings. The molecule has 0 saturated carbocycles. The summed E-state index contributed by atoms with van der Waals surface area (Å²) in [6.45, 7) is 2.78. The Balaban J connectivity index is 2.25. The molecule has 2 rings (SSSR count). The van der Waals surface area contributed by atoms with Gasteiger partial charge in [0.15, 0.2) is 6.10 Å². The lowest BCUT2D eigenvalue weighted by molar-refractivity contribution is -0.148. The zero-order chi connectivity index (χ0) is 13.5. The first-order valence-electron chi connectivity index (χ1n) is 5.19. The molecule has 1 saturated heterocycles. The van der Waals surface area contributed by atoms with Crippen LogP contribution >= 0.6 is 0 Å². The first-order valence-corrected chi connectivity index (χ1v) is 5.19. The lowest BCUT2D eigenvalue weighted by Gasteiger charge is -2.31. The fourth-order valence-electron chi connectivity index (χ4n) is 1.82. The van der Waals surface area contributed by atoms with E-state index in [0.717, 1.165) is 4.90 Å². The fourth-order valence-corrected chi connectivity index (χ4v) is 1.82. The van der Waals surface area contributed by atoms with Gasteiger partial charge in [-0.15, -0.1) is 0 Å². The number of hydrogen-bond acceptors (Lipinski definition) is 6. The van der Waals surface area contributed by atoms with Crippen LogP contribution in [0.25, 0.3) is 0 Å². The molecule has 8 heteroatoms. The van der Waals surface area contributed by atoms with E-state index in [1.807, 2.05) is 0 Å². The molecule has 3 atom stereocenters. The van der Waals surface area contributed by atoms with E-state index in [0.29, 0.717) is 0 Å². The smallest absolute Gasteiger partial charge is 0.320 e. The molecule has 100 valence electrons. The topological polar surface area (TPSA) is 91.3 Å². The van der Waals surface area contributed by atoms with Crippen molar-refractivity contribution in [1.29, 1.82) is 0 Å². The van der Waals surface area contributed by atoms with Crippen molar-refractivity contribution in [3.8, 4) is 0 Å². The van der Waals surface area contributed by atoms with Gasteiger partial charge in [0, 0.05) is 6.20 Å². The highest BCUT2D eigenvalue weighted by molar-refractivity contribution is 5.92. The molecular weight excluding hydrogens is 248 g/mol. The molecule has 3 unspecified atom stereocenters. The maximum absolute atomic E-state index is 13.8. The number of aliphatic imine (C=N–C) groups is 1. The highest BCUT2D eigenvalue weighted by atomic mass is 19.3. The predicted molar refractivity (Wildman–Crippen MR) is 58.4 cm³/mol. The van der Waals surface area contributed by atoms with Crippen molar-refractivity contribution >= 4 is 5.84 Å². The minimum atomic E-state index is -3.55. The fraction of sp³-hybridized carbons (Fsp3) is 0.500. The van der Waals surface area contributed by atoms with Crippen LogP contribution in [-0.4, -0.2) is 51.9 Å². The van der Waals surface area contributed by atoms with E-state index in [4.69, 9.17) is 15.6 Å². The summed E-state index contributed by atoms with van der Waals surface area (Å²) in [5.41, 5.74) is 5.39. The largest absolute Gasteiger partial charge is 0.394 e. The number of hydrogen-bond donors (Lipinski definition) is 3. The van der Waals surface area contributed by atoms with E-state index < -0.39 is 31.0 Å². The van der Waals surface area contributed by atoms with Crippen LogP contribution in [0.5, 0.6) is 0 Å². The third kappa shape index (κ3) is 1.88. The second-order valence-electron chi connectivity index (χ2n) is 4.00. The van der Waals surface area contributed by atoms with Crippen LogP contribution in [0.4, 0.5) is 8.78 Å². The van der Waals surface area contributed by atoms with Gasteiger partial charge in [-0.1, -0.05) is 6.58 Å². The van der Waals surface area contributed by atoms with E-state index in [-0.39, 0.29) is 11.7 Å². The predicted octanol–water partition coefficient (Wildman–Crippen LogP) is -0.643. The number of halogens is 2. The van der Waals surface area contributed by atoms with Gasteiger partial charge in [-0.2, -0.15) is 8.78 Å². The first kappa shape index (κ1) is 12.9. The second-order valence-corrected chi connectivity index (χ2v) is 4.00. The Labute approximate surface area is 102 Å². The Bertz CT molecular complexity index is 425. The van der Waals surface area contributed by atoms with E-state index in [1.54, 1.807) is 0 Å². The van der Waals surface area contributed by atoms with Crippen molar-refractivity contribution in [3.05, 3.63) is 24.7 Å². The summed E-state index contributed by atoms with van der Waals surface area (Å²) in [4.78, 5) is 4.70. The number of nitrogens with zero attached hydrogens (tertiary/aromatic N) is 2. The lowest BCUT2D eigenvalue weighted by atomic mass is 10.1. The number of ether oxygens (including phenoxy) is 1. The molecule has 0 aromatic heterocycles. The summed E-state index contributed by atoms with van der Waals surface area (Å²) in [6, 6.07) is 0. The summed E-state index contributed by atoms with van der Waals surface area (Å²) in [5, 5.41) is 18.2. The molecule has 0 amide bonds. The molecule has 6 nitrogen and oxygen atoms in total. The Morgan fingerprint density at radius 3 is 2.78 bits per heavy atom. The molecule has 1 fully saturated rings. The van der Waals surface area contributed by atoms with E-state index in [9.17, 15) is 13.9 Å². The van der Waals surface area contributed by atoms with Crippen LogP contribution in [-0.2, 0) is 4.74 Å². The third-order valence-corrected chi connectivity index (χ3v) is 2.77. The molecule has 0 aliphatic carbocycles. The number of aliphatic hydroxyl groups is 2. The maximum Gasteiger partial charge on any atom is 0.320 e. The van der Waals surface area contributed by atoms with Crippen LogP contribution in [0.3, 0.4) is 0 Å². The van der Waals surface area contributed by atoms with Crippen molar-refractivity contribution in [2.24, 2.45) is 10.7 Å². The van der Waals surface area contributed by atoms with Gasteiger partial charge in [0.25, 0.3) is 0 Å². The van der Waals surface area contributed by atoms with Crippen molar-refractivity contribution in [1.82, 2.24) is 4.90 Å². The van der Waals surface area contributed by atoms with Crippen molar-refractivity contribution in [2.75, 3.05) is 6.61 Å². The number of amidine groups is 1. The Hall–Kier alpha value is -1.51. The maximum atomic E-state index is 13.8. The van der Waals surface area contributed by atoms with Gasteiger partial charge in [0.2, 0.25) is 6.23 Å². The summed E-state index contributed by atoms with van der Waals surface area (Å²) in [5.74, 6) is -3.44. The minimum Gasteiger partial charge on any atom is -0.394 e. The molecule has 2 aliphatic heterocycles. The Morgan fingerprint density at radius 2 is 2.28 bits per heavy atom. The summed E-state index contributed by atoms with van der Waals surface area (Å²) < 4.78 is 32.6. The van der Waals surface area contributed by atoms with Gasteiger partial charge in [-0.05, 0) is 6.08 Å². The van der Waals surface area contributed by atoms with Crippen molar-refractivity contribution in [3.63, 3.8) is 0 Å². The number of nitrogens with two attached hydrogens (primary N) is 1. The highest BCUT2D eigenvalue weighted by Crippen LogP contribution is 2.39. The zero-order valence-electron chi connectivity index (χ0n) is 9.33. The van der Waals surface area contributed by atoms with Gasteiger partial charge >= 0.3 is 5.92 Å². The molecule has 2 aliphatic rings. The Kier molecular flexibility index (Phi) is 3.09. The zero-order valence-corrected chi connectivity index (χ0v) is 9.33. The van der Waals surface area contributed by atoms with Crippen molar-refractivity contribution < 1.29 is 23.7 Å². The van der Waals surface area contributed by atoms with Gasteiger partial charge in [0.05, 0.1) is 6.61 Å². The van der Waals surface area contributed by atoms with Gasteiger partial charge in [-0.3, -0.25) is 0 Å². The van der Waals surface area contributed by atoms with Crippen LogP contribution in [0, 0.1) is 0 Å². The van der Waals surface area contributed by atoms with Crippen LogP contribution in [0.1, 0.15) is 0 Å². The second kappa shape index (κ2) is 4.30. The minimum absolute atomic E-state index is 0.0227. The van der Waals surface area contributed by atoms with E-state index >= 15 is 0 Å². The number of rotatable bonds is 2. The quantitative estimate of drug-likeness (QED) is 0.615. The molecule has 18 heavy (non-hydrogen) atoms. The highest BCUT2D eigenvalue weighted by Gasteiger charge is 2.60. The van der Waals surface area contributed by atoms with E-state index in [1.165, 1.54) is 12.3 Å². The van der Waals surface area contributed by atoms with Gasteiger partial charge in [-0.25, -0.2) is 4.99 Å². The van der Waals surface area contributed by atoms with Gasteiger partial charge < -0.3 is 25.6 Å². The average Bonchev–Trinajstić information content (AvgIpc) is 2.52. The lowest BCUT2D eigenvalue weighted by Crippen LogP contribution is -2.47. The number of alkyl halides is 2. The molecule has 0 aromatic carbocycles. The average molecular weight is 261 g/mol. The molecule has 0 radical (unpaired) electrons. The molecule has 0 spiro atoms. The monoisotopic (exact) mass is 261 g/mol. The third-order valence-electron chi connectivity index (χ3n) is 2.77. The number of aliphatic hydroxyl groups excluding tert-OH is 2. The summed E-state index contributed by atoms with van der Waals surface area (Å²) in [7, 11) is 0. The van der Waals surface area contributed by atoms with E-state index in [2.05, 4.69) is 11.6 Å². The van der Waals surface area contributed by atoms with Crippen LogP contribution in [0.15, 0.2) is 29.7 Å². The van der Waals surface area contributed by atoms with Crippen LogP contribution < -0.4 is 5.73 Å². The van der Waals surface area contributed by atoms with Gasteiger partial charge in [0.1, 0.15) is 17.8 Å². The SMILES string of the molecule is C=C1N=C(N)C=CN1C1OC(CO)C(O)C1(F)F. The molecule has 4 N–H and O–H groups in total. The van der Waals surface area contributed by atoms with Crippen molar-refractivity contribution in [2.45, 2.75) is 24.4 Å². The summed E-state index contributed by atoms with van der Waals surface area (Å²) in [6.07, 6.45) is -2.65. The first-order chi connectivity index (χ1) is 8.37.